The van der Waals surface area contributed by atoms with Crippen LogP contribution in [0.3, 0.4) is 0 Å². The van der Waals surface area contributed by atoms with Gasteiger partial charge in [-0.2, -0.15) is 5.10 Å². The summed E-state index contributed by atoms with van der Waals surface area (Å²) in [5.74, 6) is 5.89. The van der Waals surface area contributed by atoms with E-state index in [0.717, 1.165) is 25.2 Å². The highest BCUT2D eigenvalue weighted by atomic mass is 15.3. The van der Waals surface area contributed by atoms with Gasteiger partial charge < -0.3 is 5.32 Å². The van der Waals surface area contributed by atoms with Gasteiger partial charge in [-0.1, -0.05) is 0 Å². The second kappa shape index (κ2) is 5.46. The second-order valence-corrected chi connectivity index (χ2v) is 3.25. The highest BCUT2D eigenvalue weighted by Crippen LogP contribution is 2.00. The Morgan fingerprint density at radius 2 is 2.36 bits per heavy atom. The second-order valence-electron chi connectivity index (χ2n) is 3.25. The summed E-state index contributed by atoms with van der Waals surface area (Å²) in [7, 11) is 1.97. The average Bonchev–Trinajstić information content (AvgIpc) is 2.45. The fourth-order valence-corrected chi connectivity index (χ4v) is 1.32. The maximum Gasteiger partial charge on any atom is 0.0597 e. The molecule has 0 aliphatic carbocycles. The molecule has 14 heavy (non-hydrogen) atoms. The van der Waals surface area contributed by atoms with Gasteiger partial charge in [0.25, 0.3) is 0 Å². The minimum absolute atomic E-state index is 0.864. The maximum absolute atomic E-state index is 4.27. The molecule has 1 rings (SSSR count). The van der Waals surface area contributed by atoms with Crippen molar-refractivity contribution in [1.29, 1.82) is 0 Å². The number of nitrogens with one attached hydrogen (secondary N) is 1. The molecule has 0 atom stereocenters. The Kier molecular flexibility index (Phi) is 4.21. The standard InChI is InChI=1S/C11H17N3/c1-4-5-6-7-12-9-11-8-10(2)13-14(11)3/h8,12H,6-7,9H2,1-3H3. The molecule has 0 aliphatic rings. The molecule has 0 aromatic carbocycles. The molecular weight excluding hydrogens is 174 g/mol. The Labute approximate surface area is 85.5 Å². The molecule has 0 aliphatic heterocycles. The Balaban J connectivity index is 2.30. The Hall–Kier alpha value is -1.27. The van der Waals surface area contributed by atoms with Gasteiger partial charge in [0.15, 0.2) is 0 Å². The van der Waals surface area contributed by atoms with Crippen molar-refractivity contribution in [3.8, 4) is 11.8 Å². The third-order valence-corrected chi connectivity index (χ3v) is 2.01. The first-order chi connectivity index (χ1) is 6.74. The van der Waals surface area contributed by atoms with Gasteiger partial charge in [-0.15, -0.1) is 11.8 Å². The molecule has 1 aromatic heterocycles. The minimum atomic E-state index is 0.864. The number of rotatable bonds is 4. The molecule has 0 spiro atoms. The van der Waals surface area contributed by atoms with E-state index in [2.05, 4.69) is 28.3 Å². The Morgan fingerprint density at radius 1 is 1.57 bits per heavy atom. The van der Waals surface area contributed by atoms with E-state index in [0.29, 0.717) is 0 Å². The predicted octanol–water partition coefficient (Wildman–Crippen LogP) is 1.23. The lowest BCUT2D eigenvalue weighted by Gasteiger charge is -2.02. The van der Waals surface area contributed by atoms with Crippen LogP contribution in [0.25, 0.3) is 0 Å². The fourth-order valence-electron chi connectivity index (χ4n) is 1.32. The third kappa shape index (κ3) is 3.23. The lowest BCUT2D eigenvalue weighted by atomic mass is 10.3. The van der Waals surface area contributed by atoms with Gasteiger partial charge in [0.05, 0.1) is 11.4 Å². The number of aromatic nitrogens is 2. The molecule has 3 nitrogen and oxygen atoms in total. The van der Waals surface area contributed by atoms with Crippen LogP contribution < -0.4 is 5.32 Å². The van der Waals surface area contributed by atoms with Gasteiger partial charge in [-0.3, -0.25) is 4.68 Å². The third-order valence-electron chi connectivity index (χ3n) is 2.01. The number of nitrogens with zero attached hydrogens (tertiary/aromatic N) is 2. The summed E-state index contributed by atoms with van der Waals surface area (Å²) >= 11 is 0. The zero-order chi connectivity index (χ0) is 10.4. The van der Waals surface area contributed by atoms with Crippen LogP contribution in [-0.2, 0) is 13.6 Å². The van der Waals surface area contributed by atoms with E-state index in [1.807, 2.05) is 25.6 Å². The summed E-state index contributed by atoms with van der Waals surface area (Å²) in [6.07, 6.45) is 0.910. The molecule has 0 radical (unpaired) electrons. The van der Waals surface area contributed by atoms with Crippen LogP contribution in [-0.4, -0.2) is 16.3 Å². The van der Waals surface area contributed by atoms with Crippen molar-refractivity contribution >= 4 is 0 Å². The number of hydrogen-bond acceptors (Lipinski definition) is 2. The highest BCUT2D eigenvalue weighted by Gasteiger charge is 1.99. The Morgan fingerprint density at radius 3 is 2.93 bits per heavy atom. The molecule has 0 unspecified atom stereocenters. The van der Waals surface area contributed by atoms with Crippen molar-refractivity contribution in [1.82, 2.24) is 15.1 Å². The van der Waals surface area contributed by atoms with E-state index in [1.54, 1.807) is 0 Å². The molecule has 76 valence electrons. The normalized spacial score (nSPS) is 9.64. The van der Waals surface area contributed by atoms with E-state index >= 15 is 0 Å². The van der Waals surface area contributed by atoms with Gasteiger partial charge in [0.2, 0.25) is 0 Å². The summed E-state index contributed by atoms with van der Waals surface area (Å²) in [5.41, 5.74) is 2.28. The van der Waals surface area contributed by atoms with E-state index in [4.69, 9.17) is 0 Å². The summed E-state index contributed by atoms with van der Waals surface area (Å²) in [4.78, 5) is 0. The predicted molar refractivity (Wildman–Crippen MR) is 57.7 cm³/mol. The lowest BCUT2D eigenvalue weighted by Crippen LogP contribution is -2.16. The molecular formula is C11H17N3. The van der Waals surface area contributed by atoms with Crippen LogP contribution in [0.1, 0.15) is 24.7 Å². The first-order valence-corrected chi connectivity index (χ1v) is 4.84. The first kappa shape index (κ1) is 10.8. The molecule has 0 saturated carbocycles. The Bertz CT molecular complexity index is 341. The molecule has 0 bridgehead atoms. The van der Waals surface area contributed by atoms with Crippen LogP contribution >= 0.6 is 0 Å². The zero-order valence-electron chi connectivity index (χ0n) is 9.09. The van der Waals surface area contributed by atoms with Gasteiger partial charge in [0, 0.05) is 26.6 Å². The first-order valence-electron chi connectivity index (χ1n) is 4.84. The van der Waals surface area contributed by atoms with Crippen molar-refractivity contribution in [2.75, 3.05) is 6.54 Å². The fraction of sp³-hybridized carbons (Fsp3) is 0.545. The van der Waals surface area contributed by atoms with E-state index in [1.165, 1.54) is 5.69 Å². The van der Waals surface area contributed by atoms with Crippen LogP contribution in [0.4, 0.5) is 0 Å². The smallest absolute Gasteiger partial charge is 0.0597 e. The lowest BCUT2D eigenvalue weighted by molar-refractivity contribution is 0.630. The molecule has 1 N–H and O–H groups in total. The van der Waals surface area contributed by atoms with Gasteiger partial charge in [-0.05, 0) is 19.9 Å². The van der Waals surface area contributed by atoms with Crippen LogP contribution in [0.15, 0.2) is 6.07 Å². The summed E-state index contributed by atoms with van der Waals surface area (Å²) in [6, 6.07) is 2.10. The molecule has 0 amide bonds. The average molecular weight is 191 g/mol. The van der Waals surface area contributed by atoms with E-state index in [9.17, 15) is 0 Å². The van der Waals surface area contributed by atoms with E-state index in [-0.39, 0.29) is 0 Å². The monoisotopic (exact) mass is 191 g/mol. The SMILES string of the molecule is CC#CCCNCc1cc(C)nn1C. The van der Waals surface area contributed by atoms with Gasteiger partial charge >= 0.3 is 0 Å². The van der Waals surface area contributed by atoms with Crippen molar-refractivity contribution in [2.24, 2.45) is 7.05 Å². The summed E-state index contributed by atoms with van der Waals surface area (Å²) < 4.78 is 1.91. The zero-order valence-corrected chi connectivity index (χ0v) is 9.09. The highest BCUT2D eigenvalue weighted by molar-refractivity contribution is 5.08. The van der Waals surface area contributed by atoms with Gasteiger partial charge in [0.1, 0.15) is 0 Å². The van der Waals surface area contributed by atoms with Crippen molar-refractivity contribution in [3.63, 3.8) is 0 Å². The van der Waals surface area contributed by atoms with Crippen LogP contribution in [0.5, 0.6) is 0 Å². The molecule has 1 aromatic rings. The number of hydrogen-bond donors (Lipinski definition) is 1. The minimum Gasteiger partial charge on any atom is -0.310 e. The van der Waals surface area contributed by atoms with Gasteiger partial charge in [-0.25, -0.2) is 0 Å². The van der Waals surface area contributed by atoms with Crippen LogP contribution in [0, 0.1) is 18.8 Å². The molecule has 1 heterocycles. The molecule has 0 fully saturated rings. The van der Waals surface area contributed by atoms with Crippen LogP contribution in [0.2, 0.25) is 0 Å². The topological polar surface area (TPSA) is 29.9 Å². The number of aryl methyl sites for hydroxylation is 2. The molecule has 3 heteroatoms. The summed E-state index contributed by atoms with van der Waals surface area (Å²) in [5, 5.41) is 7.60. The summed E-state index contributed by atoms with van der Waals surface area (Å²) in [6.45, 7) is 5.67. The largest absolute Gasteiger partial charge is 0.310 e. The van der Waals surface area contributed by atoms with Crippen molar-refractivity contribution < 1.29 is 0 Å². The van der Waals surface area contributed by atoms with Crippen molar-refractivity contribution in [3.05, 3.63) is 17.5 Å². The van der Waals surface area contributed by atoms with E-state index < -0.39 is 0 Å². The molecule has 0 saturated heterocycles. The maximum atomic E-state index is 4.27. The van der Waals surface area contributed by atoms with Crippen molar-refractivity contribution in [2.45, 2.75) is 26.8 Å². The quantitative estimate of drug-likeness (QED) is 0.573.